The van der Waals surface area contributed by atoms with E-state index in [0.717, 1.165) is 0 Å². The van der Waals surface area contributed by atoms with E-state index in [1.54, 1.807) is 0 Å². The van der Waals surface area contributed by atoms with E-state index in [1.165, 1.54) is 11.1 Å². The molecule has 2 aromatic rings. The second-order valence-electron chi connectivity index (χ2n) is 4.14. The fourth-order valence-electron chi connectivity index (χ4n) is 1.26. The molecule has 0 spiro atoms. The van der Waals surface area contributed by atoms with Crippen molar-refractivity contribution in [3.63, 3.8) is 0 Å². The van der Waals surface area contributed by atoms with Crippen LogP contribution in [0, 0.1) is 0 Å². The van der Waals surface area contributed by atoms with Gasteiger partial charge in [-0.15, -0.1) is 0 Å². The van der Waals surface area contributed by atoms with Crippen molar-refractivity contribution in [2.24, 2.45) is 0 Å². The van der Waals surface area contributed by atoms with Crippen LogP contribution in [0.3, 0.4) is 0 Å². The summed E-state index contributed by atoms with van der Waals surface area (Å²) < 4.78 is 54.5. The zero-order valence-corrected chi connectivity index (χ0v) is 15.5. The molecule has 0 saturated heterocycles. The summed E-state index contributed by atoms with van der Waals surface area (Å²) in [6, 6.07) is 20.8. The minimum Gasteiger partial charge on any atom is -0.748 e. The average Bonchev–Trinajstić information content (AvgIpc) is 2.37. The maximum Gasteiger partial charge on any atom is 2.00 e. The van der Waals surface area contributed by atoms with Crippen molar-refractivity contribution in [2.75, 3.05) is 12.5 Å². The van der Waals surface area contributed by atoms with Gasteiger partial charge in [0.1, 0.15) is 0 Å². The van der Waals surface area contributed by atoms with Crippen LogP contribution in [0.1, 0.15) is 0 Å². The summed E-state index contributed by atoms with van der Waals surface area (Å²) in [7, 11) is -7.83. The van der Waals surface area contributed by atoms with E-state index in [4.69, 9.17) is 25.9 Å². The van der Waals surface area contributed by atoms with Crippen LogP contribution in [-0.2, 0) is 40.7 Å². The van der Waals surface area contributed by atoms with Gasteiger partial charge in [0.25, 0.3) is 0 Å². The average molecular weight is 451 g/mol. The molecule has 6 nitrogen and oxygen atoms in total. The van der Waals surface area contributed by atoms with E-state index in [1.807, 2.05) is 12.1 Å². The van der Waals surface area contributed by atoms with Crippen LogP contribution < -0.4 is 0 Å². The monoisotopic (exact) mass is 450 g/mol. The molecule has 0 unspecified atom stereocenters. The molecule has 9 heteroatoms. The second-order valence-corrected chi connectivity index (χ2v) is 6.96. The molecule has 0 N–H and O–H groups in total. The Hall–Kier alpha value is -1.08. The van der Waals surface area contributed by atoms with Crippen LogP contribution in [0.25, 0.3) is 11.1 Å². The van der Waals surface area contributed by atoms with Crippen LogP contribution in [0.15, 0.2) is 60.7 Å². The van der Waals surface area contributed by atoms with E-state index >= 15 is 0 Å². The molecule has 0 atom stereocenters. The van der Waals surface area contributed by atoms with Gasteiger partial charge >= 0.3 is 20.4 Å². The Bertz CT molecular complexity index is 661. The fraction of sp³-hybridized carbons (Fsp3) is 0.143. The molecule has 0 aromatic heterocycles. The van der Waals surface area contributed by atoms with Crippen LogP contribution in [0.2, 0.25) is 0 Å². The van der Waals surface area contributed by atoms with Crippen molar-refractivity contribution in [3.8, 4) is 11.1 Å². The Morgan fingerprint density at radius 2 is 0.783 bits per heavy atom. The molecular formula is C14H16O6PdS2. The van der Waals surface area contributed by atoms with Gasteiger partial charge in [-0.1, -0.05) is 60.7 Å². The molecule has 2 rings (SSSR count). The Labute approximate surface area is 150 Å². The number of hydrogen-bond acceptors (Lipinski definition) is 6. The molecule has 0 bridgehead atoms. The van der Waals surface area contributed by atoms with Crippen LogP contribution in [0.5, 0.6) is 0 Å². The first-order chi connectivity index (χ1) is 9.97. The summed E-state index contributed by atoms with van der Waals surface area (Å²) >= 11 is 0. The maximum absolute atomic E-state index is 9.08. The summed E-state index contributed by atoms with van der Waals surface area (Å²) in [5.41, 5.74) is 2.55. The summed E-state index contributed by atoms with van der Waals surface area (Å²) in [5, 5.41) is 0. The first-order valence-corrected chi connectivity index (χ1v) is 9.52. The van der Waals surface area contributed by atoms with Crippen molar-refractivity contribution in [2.45, 2.75) is 0 Å². The standard InChI is InChI=1S/C12H10.2CH4O3S.Pd/c1-3-7-11(8-4-1)12-9-5-2-6-10-12;2*1-5(2,3)4;/h1-10H;2*1H3,(H,2,3,4);/q;;;+2/p-2. The molecule has 2 aromatic carbocycles. The first-order valence-electron chi connectivity index (χ1n) is 5.89. The Balaban J connectivity index is 0. The van der Waals surface area contributed by atoms with E-state index in [2.05, 4.69) is 48.5 Å². The van der Waals surface area contributed by atoms with E-state index in [9.17, 15) is 0 Å². The van der Waals surface area contributed by atoms with E-state index in [-0.39, 0.29) is 20.4 Å². The van der Waals surface area contributed by atoms with Gasteiger partial charge < -0.3 is 9.11 Å². The molecule has 0 aliphatic carbocycles. The van der Waals surface area contributed by atoms with Gasteiger partial charge in [-0.3, -0.25) is 0 Å². The third-order valence-corrected chi connectivity index (χ3v) is 1.88. The van der Waals surface area contributed by atoms with E-state index in [0.29, 0.717) is 12.5 Å². The zero-order chi connectivity index (χ0) is 17.2. The Morgan fingerprint density at radius 1 is 0.609 bits per heavy atom. The van der Waals surface area contributed by atoms with Gasteiger partial charge in [-0.25, -0.2) is 16.8 Å². The molecule has 130 valence electrons. The molecule has 23 heavy (non-hydrogen) atoms. The number of hydrogen-bond donors (Lipinski definition) is 0. The van der Waals surface area contributed by atoms with Crippen LogP contribution in [-0.4, -0.2) is 38.5 Å². The molecule has 0 fully saturated rings. The van der Waals surface area contributed by atoms with Gasteiger partial charge in [0.15, 0.2) is 0 Å². The third kappa shape index (κ3) is 20.9. The third-order valence-electron chi connectivity index (χ3n) is 1.88. The molecule has 0 aliphatic heterocycles. The van der Waals surface area contributed by atoms with Crippen LogP contribution in [0.4, 0.5) is 0 Å². The zero-order valence-electron chi connectivity index (χ0n) is 12.4. The first kappa shape index (κ1) is 24.2. The van der Waals surface area contributed by atoms with Crippen LogP contribution >= 0.6 is 0 Å². The summed E-state index contributed by atoms with van der Waals surface area (Å²) in [6.07, 6.45) is 1.21. The molecular weight excluding hydrogens is 435 g/mol. The summed E-state index contributed by atoms with van der Waals surface area (Å²) in [6.45, 7) is 0. The predicted molar refractivity (Wildman–Crippen MR) is 83.1 cm³/mol. The van der Waals surface area contributed by atoms with Crippen molar-refractivity contribution in [1.82, 2.24) is 0 Å². The molecule has 0 radical (unpaired) electrons. The van der Waals surface area contributed by atoms with E-state index < -0.39 is 20.2 Å². The van der Waals surface area contributed by atoms with Crippen molar-refractivity contribution < 1.29 is 46.4 Å². The normalized spacial score (nSPS) is 10.1. The second kappa shape index (κ2) is 11.5. The van der Waals surface area contributed by atoms with Crippen molar-refractivity contribution in [1.29, 1.82) is 0 Å². The minimum atomic E-state index is -3.92. The largest absolute Gasteiger partial charge is 2.00 e. The smallest absolute Gasteiger partial charge is 0.748 e. The fourth-order valence-corrected chi connectivity index (χ4v) is 1.26. The van der Waals surface area contributed by atoms with Gasteiger partial charge in [0, 0.05) is 12.5 Å². The number of rotatable bonds is 1. The van der Waals surface area contributed by atoms with Crippen molar-refractivity contribution >= 4 is 20.2 Å². The SMILES string of the molecule is CS(=O)(=O)[O-].CS(=O)(=O)[O-].[Pd+2].c1ccc(-c2ccccc2)cc1. The topological polar surface area (TPSA) is 114 Å². The summed E-state index contributed by atoms with van der Waals surface area (Å²) in [4.78, 5) is 0. The predicted octanol–water partition coefficient (Wildman–Crippen LogP) is 1.67. The number of benzene rings is 2. The maximum atomic E-state index is 9.08. The van der Waals surface area contributed by atoms with Gasteiger partial charge in [0.05, 0.1) is 20.2 Å². The minimum absolute atomic E-state index is 0. The van der Waals surface area contributed by atoms with Gasteiger partial charge in [-0.05, 0) is 11.1 Å². The Kier molecular flexibility index (Phi) is 12.0. The van der Waals surface area contributed by atoms with Gasteiger partial charge in [0.2, 0.25) is 0 Å². The molecule has 0 heterocycles. The molecule has 0 aliphatic rings. The summed E-state index contributed by atoms with van der Waals surface area (Å²) in [5.74, 6) is 0. The molecule has 0 saturated carbocycles. The quantitative estimate of drug-likeness (QED) is 0.482. The van der Waals surface area contributed by atoms with Gasteiger partial charge in [-0.2, -0.15) is 0 Å². The Morgan fingerprint density at radius 3 is 0.957 bits per heavy atom. The van der Waals surface area contributed by atoms with Crippen molar-refractivity contribution in [3.05, 3.63) is 60.7 Å². The molecule has 0 amide bonds.